The van der Waals surface area contributed by atoms with Crippen LogP contribution in [0, 0.1) is 17.8 Å². The summed E-state index contributed by atoms with van der Waals surface area (Å²) >= 11 is 0. The van der Waals surface area contributed by atoms with Crippen LogP contribution in [0.15, 0.2) is 18.2 Å². The normalized spacial score (nSPS) is 10.7. The molecule has 11 heavy (non-hydrogen) atoms. The largest absolute Gasteiger partial charge is 0.353 e. The molecule has 1 nitrogen and oxygen atoms in total. The van der Waals surface area contributed by atoms with E-state index >= 15 is 0 Å². The van der Waals surface area contributed by atoms with Gasteiger partial charge in [0.05, 0.1) is 6.20 Å². The van der Waals surface area contributed by atoms with Gasteiger partial charge in [-0.1, -0.05) is 0 Å². The number of benzene rings is 1. The summed E-state index contributed by atoms with van der Waals surface area (Å²) in [6.07, 6.45) is 2.63. The molecular formula is C8H4F2N. The highest BCUT2D eigenvalue weighted by molar-refractivity contribution is 5.78. The summed E-state index contributed by atoms with van der Waals surface area (Å²) in [4.78, 5) is 2.66. The van der Waals surface area contributed by atoms with Crippen molar-refractivity contribution in [1.29, 1.82) is 0 Å². The zero-order valence-electron chi connectivity index (χ0n) is 5.49. The second-order valence-electron chi connectivity index (χ2n) is 2.27. The van der Waals surface area contributed by atoms with Gasteiger partial charge < -0.3 is 4.98 Å². The molecule has 1 N–H and O–H groups in total. The van der Waals surface area contributed by atoms with E-state index < -0.39 is 11.6 Å². The molecule has 0 bridgehead atoms. The van der Waals surface area contributed by atoms with E-state index in [1.165, 1.54) is 0 Å². The van der Waals surface area contributed by atoms with Crippen LogP contribution in [-0.4, -0.2) is 4.98 Å². The summed E-state index contributed by atoms with van der Waals surface area (Å²) in [5.41, 5.74) is 0.559. The van der Waals surface area contributed by atoms with Crippen molar-refractivity contribution in [2.75, 3.05) is 0 Å². The molecular weight excluding hydrogens is 148 g/mol. The molecule has 0 aliphatic heterocycles. The minimum absolute atomic E-state index is 0.559. The van der Waals surface area contributed by atoms with Crippen LogP contribution in [0.4, 0.5) is 8.78 Å². The van der Waals surface area contributed by atoms with Gasteiger partial charge in [0, 0.05) is 17.0 Å². The number of hydrogen-bond donors (Lipinski definition) is 1. The van der Waals surface area contributed by atoms with Gasteiger partial charge in [-0.2, -0.15) is 0 Å². The molecule has 1 aromatic carbocycles. The van der Waals surface area contributed by atoms with Crippen LogP contribution in [0.3, 0.4) is 0 Å². The van der Waals surface area contributed by atoms with Crippen molar-refractivity contribution in [3.05, 3.63) is 36.0 Å². The first kappa shape index (κ1) is 6.34. The summed E-state index contributed by atoms with van der Waals surface area (Å²) in [6.45, 7) is 0. The van der Waals surface area contributed by atoms with E-state index in [1.54, 1.807) is 6.07 Å². The molecule has 2 aromatic rings. The number of rotatable bonds is 0. The molecule has 0 amide bonds. The highest BCUT2D eigenvalue weighted by Crippen LogP contribution is 2.15. The fourth-order valence-corrected chi connectivity index (χ4v) is 0.981. The Hall–Kier alpha value is -1.38. The molecule has 55 valence electrons. The second kappa shape index (κ2) is 2.05. The average Bonchev–Trinajstić information content (AvgIpc) is 2.36. The molecule has 0 saturated carbocycles. The molecule has 3 heteroatoms. The maximum atomic E-state index is 12.5. The van der Waals surface area contributed by atoms with E-state index in [0.717, 1.165) is 12.1 Å². The van der Waals surface area contributed by atoms with E-state index in [1.807, 2.05) is 0 Å². The third-order valence-electron chi connectivity index (χ3n) is 1.53. The number of H-pyrrole nitrogens is 1. The molecule has 0 fully saturated rings. The van der Waals surface area contributed by atoms with Crippen LogP contribution < -0.4 is 0 Å². The summed E-state index contributed by atoms with van der Waals surface area (Å²) in [7, 11) is 0. The quantitative estimate of drug-likeness (QED) is 0.595. The number of aromatic nitrogens is 1. The average molecular weight is 152 g/mol. The van der Waals surface area contributed by atoms with Crippen LogP contribution in [0.1, 0.15) is 0 Å². The third-order valence-corrected chi connectivity index (χ3v) is 1.53. The predicted molar refractivity (Wildman–Crippen MR) is 37.1 cm³/mol. The Balaban J connectivity index is 2.86. The van der Waals surface area contributed by atoms with E-state index in [0.29, 0.717) is 10.9 Å². The Morgan fingerprint density at radius 1 is 1.18 bits per heavy atom. The summed E-state index contributed by atoms with van der Waals surface area (Å²) in [5.74, 6) is -1.67. The Labute approximate surface area is 61.7 Å². The van der Waals surface area contributed by atoms with Gasteiger partial charge >= 0.3 is 0 Å². The van der Waals surface area contributed by atoms with Crippen LogP contribution in [0.5, 0.6) is 0 Å². The lowest BCUT2D eigenvalue weighted by atomic mass is 10.2. The Kier molecular flexibility index (Phi) is 1.18. The SMILES string of the molecule is Fc1cc2c[c][nH]c2cc1F. The maximum absolute atomic E-state index is 12.5. The fourth-order valence-electron chi connectivity index (χ4n) is 0.981. The molecule has 0 unspecified atom stereocenters. The predicted octanol–water partition coefficient (Wildman–Crippen LogP) is 2.25. The lowest BCUT2D eigenvalue weighted by Gasteiger charge is -1.91. The van der Waals surface area contributed by atoms with Gasteiger partial charge in [0.2, 0.25) is 0 Å². The summed E-state index contributed by atoms with van der Waals surface area (Å²) in [6, 6.07) is 3.82. The maximum Gasteiger partial charge on any atom is 0.160 e. The van der Waals surface area contributed by atoms with Gasteiger partial charge in [-0.25, -0.2) is 8.78 Å². The first-order chi connectivity index (χ1) is 5.27. The first-order valence-corrected chi connectivity index (χ1v) is 3.11. The van der Waals surface area contributed by atoms with Crippen molar-refractivity contribution in [3.63, 3.8) is 0 Å². The van der Waals surface area contributed by atoms with E-state index in [9.17, 15) is 8.78 Å². The zero-order valence-corrected chi connectivity index (χ0v) is 5.49. The van der Waals surface area contributed by atoms with E-state index in [-0.39, 0.29) is 0 Å². The third kappa shape index (κ3) is 0.888. The van der Waals surface area contributed by atoms with Crippen molar-refractivity contribution in [3.8, 4) is 0 Å². The van der Waals surface area contributed by atoms with Gasteiger partial charge in [0.1, 0.15) is 0 Å². The van der Waals surface area contributed by atoms with Gasteiger partial charge in [-0.15, -0.1) is 0 Å². The lowest BCUT2D eigenvalue weighted by molar-refractivity contribution is 0.511. The highest BCUT2D eigenvalue weighted by atomic mass is 19.2. The van der Waals surface area contributed by atoms with Gasteiger partial charge in [-0.3, -0.25) is 0 Å². The summed E-state index contributed by atoms with van der Waals surface area (Å²) < 4.78 is 25.0. The molecule has 2 rings (SSSR count). The number of fused-ring (bicyclic) bond motifs is 1. The minimum atomic E-state index is -0.839. The molecule has 1 aromatic heterocycles. The highest BCUT2D eigenvalue weighted by Gasteiger charge is 2.03. The fraction of sp³-hybridized carbons (Fsp3) is 0. The standard InChI is InChI=1S/C8H4F2N/c9-6-3-5-1-2-11-8(5)4-7(6)10/h1,3-4,11H. The number of aromatic amines is 1. The van der Waals surface area contributed by atoms with Gasteiger partial charge in [0.25, 0.3) is 0 Å². The lowest BCUT2D eigenvalue weighted by Crippen LogP contribution is -1.81. The number of nitrogens with one attached hydrogen (secondary N) is 1. The van der Waals surface area contributed by atoms with Crippen molar-refractivity contribution in [2.45, 2.75) is 0 Å². The summed E-state index contributed by atoms with van der Waals surface area (Å²) in [5, 5.41) is 0.629. The Morgan fingerprint density at radius 3 is 2.73 bits per heavy atom. The van der Waals surface area contributed by atoms with Crippen molar-refractivity contribution in [1.82, 2.24) is 4.98 Å². The van der Waals surface area contributed by atoms with Crippen molar-refractivity contribution in [2.24, 2.45) is 0 Å². The molecule has 0 atom stereocenters. The van der Waals surface area contributed by atoms with Crippen LogP contribution in [0.25, 0.3) is 10.9 Å². The van der Waals surface area contributed by atoms with Crippen molar-refractivity contribution >= 4 is 10.9 Å². The molecule has 1 radical (unpaired) electrons. The van der Waals surface area contributed by atoms with Gasteiger partial charge in [0.15, 0.2) is 11.6 Å². The molecule has 1 heterocycles. The number of halogens is 2. The molecule has 0 aliphatic rings. The van der Waals surface area contributed by atoms with Crippen LogP contribution in [-0.2, 0) is 0 Å². The van der Waals surface area contributed by atoms with Crippen LogP contribution in [0.2, 0.25) is 0 Å². The second-order valence-corrected chi connectivity index (χ2v) is 2.27. The Bertz CT molecular complexity index is 356. The van der Waals surface area contributed by atoms with Gasteiger partial charge in [-0.05, 0) is 12.1 Å². The van der Waals surface area contributed by atoms with E-state index in [2.05, 4.69) is 11.2 Å². The molecule has 0 saturated heterocycles. The van der Waals surface area contributed by atoms with E-state index in [4.69, 9.17) is 0 Å². The first-order valence-electron chi connectivity index (χ1n) is 3.11. The zero-order chi connectivity index (χ0) is 7.84. The van der Waals surface area contributed by atoms with Crippen LogP contribution >= 0.6 is 0 Å². The molecule has 0 spiro atoms. The minimum Gasteiger partial charge on any atom is -0.353 e. The van der Waals surface area contributed by atoms with Crippen molar-refractivity contribution < 1.29 is 8.78 Å². The molecule has 0 aliphatic carbocycles. The topological polar surface area (TPSA) is 15.8 Å². The number of hydrogen-bond acceptors (Lipinski definition) is 0. The monoisotopic (exact) mass is 152 g/mol. The smallest absolute Gasteiger partial charge is 0.160 e. The Morgan fingerprint density at radius 2 is 1.91 bits per heavy atom.